The highest BCUT2D eigenvalue weighted by molar-refractivity contribution is 6.31. The number of amides is 1. The molecule has 0 aliphatic carbocycles. The summed E-state index contributed by atoms with van der Waals surface area (Å²) in [6.07, 6.45) is 3.42. The molecule has 1 amide bonds. The van der Waals surface area contributed by atoms with Crippen LogP contribution < -0.4 is 10.6 Å². The normalized spacial score (nSPS) is 15.1. The van der Waals surface area contributed by atoms with Gasteiger partial charge in [-0.05, 0) is 60.5 Å². The van der Waals surface area contributed by atoms with Gasteiger partial charge in [0.2, 0.25) is 5.91 Å². The van der Waals surface area contributed by atoms with Gasteiger partial charge >= 0.3 is 0 Å². The van der Waals surface area contributed by atoms with Crippen molar-refractivity contribution in [3.8, 4) is 0 Å². The highest BCUT2D eigenvalue weighted by Gasteiger charge is 2.17. The number of halogens is 1. The Hall–Kier alpha value is -1.06. The largest absolute Gasteiger partial charge is 0.356 e. The molecule has 22 heavy (non-hydrogen) atoms. The number of fused-ring (bicyclic) bond motifs is 1. The zero-order chi connectivity index (χ0) is 16.2. The molecule has 3 nitrogen and oxygen atoms in total. The molecule has 1 aromatic carbocycles. The lowest BCUT2D eigenvalue weighted by atomic mass is 9.92. The SMILES string of the molecule is CC(C)(C)CC(=O)NCCc1c(Cl)ccc2c1CCNCC2. The third-order valence-electron chi connectivity index (χ3n) is 3.98. The molecule has 122 valence electrons. The van der Waals surface area contributed by atoms with Crippen molar-refractivity contribution in [3.63, 3.8) is 0 Å². The van der Waals surface area contributed by atoms with Crippen LogP contribution in [-0.4, -0.2) is 25.5 Å². The fourth-order valence-corrected chi connectivity index (χ4v) is 3.23. The Kier molecular flexibility index (Phi) is 5.87. The summed E-state index contributed by atoms with van der Waals surface area (Å²) in [6.45, 7) is 8.90. The number of rotatable bonds is 4. The van der Waals surface area contributed by atoms with Crippen molar-refractivity contribution in [2.45, 2.75) is 46.5 Å². The summed E-state index contributed by atoms with van der Waals surface area (Å²) in [7, 11) is 0. The number of hydrogen-bond donors (Lipinski definition) is 2. The van der Waals surface area contributed by atoms with E-state index in [0.29, 0.717) is 13.0 Å². The Bertz CT molecular complexity index is 535. The Morgan fingerprint density at radius 3 is 2.73 bits per heavy atom. The molecule has 2 N–H and O–H groups in total. The van der Waals surface area contributed by atoms with Crippen LogP contribution in [0.15, 0.2) is 12.1 Å². The highest BCUT2D eigenvalue weighted by atomic mass is 35.5. The topological polar surface area (TPSA) is 41.1 Å². The average molecular weight is 323 g/mol. The van der Waals surface area contributed by atoms with E-state index in [4.69, 9.17) is 11.6 Å². The number of carbonyl (C=O) groups is 1. The predicted octanol–water partition coefficient (Wildman–Crippen LogP) is 3.12. The predicted molar refractivity (Wildman–Crippen MR) is 92.5 cm³/mol. The van der Waals surface area contributed by atoms with Crippen LogP contribution in [0.2, 0.25) is 5.02 Å². The van der Waals surface area contributed by atoms with Gasteiger partial charge in [0, 0.05) is 18.0 Å². The third-order valence-corrected chi connectivity index (χ3v) is 4.34. The lowest BCUT2D eigenvalue weighted by Gasteiger charge is -2.18. The fraction of sp³-hybridized carbons (Fsp3) is 0.611. The first-order chi connectivity index (χ1) is 10.4. The van der Waals surface area contributed by atoms with E-state index in [1.165, 1.54) is 16.7 Å². The Morgan fingerprint density at radius 1 is 1.27 bits per heavy atom. The van der Waals surface area contributed by atoms with Crippen molar-refractivity contribution in [2.24, 2.45) is 5.41 Å². The van der Waals surface area contributed by atoms with Crippen molar-refractivity contribution in [3.05, 3.63) is 33.8 Å². The molecule has 1 aliphatic heterocycles. The molecule has 0 atom stereocenters. The van der Waals surface area contributed by atoms with Crippen LogP contribution in [0.25, 0.3) is 0 Å². The second kappa shape index (κ2) is 7.47. The number of benzene rings is 1. The summed E-state index contributed by atoms with van der Waals surface area (Å²) in [5, 5.41) is 7.28. The standard InChI is InChI=1S/C18H27ClN2O/c1-18(2,3)12-17(22)21-11-8-15-14-7-10-20-9-6-13(14)4-5-16(15)19/h4-5,20H,6-12H2,1-3H3,(H,21,22). The second-order valence-electron chi connectivity index (χ2n) is 7.25. The van der Waals surface area contributed by atoms with Crippen LogP contribution in [-0.2, 0) is 24.1 Å². The van der Waals surface area contributed by atoms with Crippen molar-refractivity contribution in [2.75, 3.05) is 19.6 Å². The van der Waals surface area contributed by atoms with Gasteiger partial charge in [-0.15, -0.1) is 0 Å². The number of hydrogen-bond acceptors (Lipinski definition) is 2. The zero-order valence-electron chi connectivity index (χ0n) is 13.9. The van der Waals surface area contributed by atoms with Gasteiger partial charge in [0.05, 0.1) is 0 Å². The second-order valence-corrected chi connectivity index (χ2v) is 7.66. The van der Waals surface area contributed by atoms with Gasteiger partial charge in [0.15, 0.2) is 0 Å². The van der Waals surface area contributed by atoms with Crippen LogP contribution in [0, 0.1) is 5.41 Å². The zero-order valence-corrected chi connectivity index (χ0v) is 14.6. The van der Waals surface area contributed by atoms with E-state index in [1.54, 1.807) is 0 Å². The van der Waals surface area contributed by atoms with E-state index in [2.05, 4.69) is 37.5 Å². The monoisotopic (exact) mass is 322 g/mol. The van der Waals surface area contributed by atoms with Gasteiger partial charge < -0.3 is 10.6 Å². The molecule has 1 aliphatic rings. The van der Waals surface area contributed by atoms with Gasteiger partial charge in [-0.25, -0.2) is 0 Å². The van der Waals surface area contributed by atoms with E-state index in [9.17, 15) is 4.79 Å². The van der Waals surface area contributed by atoms with Crippen LogP contribution in [0.3, 0.4) is 0 Å². The van der Waals surface area contributed by atoms with Crippen molar-refractivity contribution in [1.82, 2.24) is 10.6 Å². The first-order valence-electron chi connectivity index (χ1n) is 8.13. The number of nitrogens with one attached hydrogen (secondary N) is 2. The minimum Gasteiger partial charge on any atom is -0.356 e. The van der Waals surface area contributed by atoms with E-state index >= 15 is 0 Å². The summed E-state index contributed by atoms with van der Waals surface area (Å²) in [6, 6.07) is 4.14. The molecule has 1 aromatic rings. The quantitative estimate of drug-likeness (QED) is 0.894. The molecule has 1 heterocycles. The summed E-state index contributed by atoms with van der Waals surface area (Å²) in [5.41, 5.74) is 4.00. The smallest absolute Gasteiger partial charge is 0.220 e. The van der Waals surface area contributed by atoms with Crippen LogP contribution in [0.1, 0.15) is 43.9 Å². The number of carbonyl (C=O) groups excluding carboxylic acids is 1. The maximum absolute atomic E-state index is 11.9. The maximum Gasteiger partial charge on any atom is 0.220 e. The minimum absolute atomic E-state index is 0.0250. The summed E-state index contributed by atoms with van der Waals surface area (Å²) >= 11 is 6.40. The van der Waals surface area contributed by atoms with Crippen molar-refractivity contribution < 1.29 is 4.79 Å². The third kappa shape index (κ3) is 4.99. The molecule has 0 bridgehead atoms. The molecular formula is C18H27ClN2O. The Labute approximate surface area is 138 Å². The summed E-state index contributed by atoms with van der Waals surface area (Å²) < 4.78 is 0. The van der Waals surface area contributed by atoms with E-state index in [-0.39, 0.29) is 11.3 Å². The summed E-state index contributed by atoms with van der Waals surface area (Å²) in [4.78, 5) is 11.9. The lowest BCUT2D eigenvalue weighted by molar-refractivity contribution is -0.122. The van der Waals surface area contributed by atoms with Crippen LogP contribution in [0.4, 0.5) is 0 Å². The van der Waals surface area contributed by atoms with Gasteiger partial charge in [0.25, 0.3) is 0 Å². The molecular weight excluding hydrogens is 296 g/mol. The van der Waals surface area contributed by atoms with Gasteiger partial charge in [-0.1, -0.05) is 38.4 Å². The first-order valence-corrected chi connectivity index (χ1v) is 8.51. The van der Waals surface area contributed by atoms with Gasteiger partial charge in [-0.3, -0.25) is 4.79 Å². The van der Waals surface area contributed by atoms with Gasteiger partial charge in [-0.2, -0.15) is 0 Å². The summed E-state index contributed by atoms with van der Waals surface area (Å²) in [5.74, 6) is 0.118. The lowest BCUT2D eigenvalue weighted by Crippen LogP contribution is -2.29. The molecule has 0 saturated heterocycles. The van der Waals surface area contributed by atoms with E-state index in [0.717, 1.165) is 37.4 Å². The molecule has 0 radical (unpaired) electrons. The molecule has 4 heteroatoms. The molecule has 0 unspecified atom stereocenters. The first kappa shape index (κ1) is 17.3. The van der Waals surface area contributed by atoms with E-state index in [1.807, 2.05) is 6.07 Å². The van der Waals surface area contributed by atoms with Gasteiger partial charge in [0.1, 0.15) is 0 Å². The fourth-order valence-electron chi connectivity index (χ4n) is 2.96. The molecule has 0 spiro atoms. The highest BCUT2D eigenvalue weighted by Crippen LogP contribution is 2.26. The molecule has 2 rings (SSSR count). The average Bonchev–Trinajstić information content (AvgIpc) is 2.64. The Balaban J connectivity index is 1.99. The Morgan fingerprint density at radius 2 is 2.00 bits per heavy atom. The van der Waals surface area contributed by atoms with E-state index < -0.39 is 0 Å². The molecule has 0 saturated carbocycles. The van der Waals surface area contributed by atoms with Crippen molar-refractivity contribution >= 4 is 17.5 Å². The molecule has 0 aromatic heterocycles. The van der Waals surface area contributed by atoms with Crippen LogP contribution in [0.5, 0.6) is 0 Å². The maximum atomic E-state index is 11.9. The van der Waals surface area contributed by atoms with Crippen LogP contribution >= 0.6 is 11.6 Å². The minimum atomic E-state index is 0.0250. The van der Waals surface area contributed by atoms with Crippen molar-refractivity contribution in [1.29, 1.82) is 0 Å². The molecule has 0 fully saturated rings.